The molecule has 1 heterocycles. The summed E-state index contributed by atoms with van der Waals surface area (Å²) in [5, 5.41) is -2.26. The molecule has 1 aromatic carbocycles. The van der Waals surface area contributed by atoms with E-state index in [4.69, 9.17) is 14.1 Å². The van der Waals surface area contributed by atoms with Crippen LogP contribution < -0.4 is 10.4 Å². The normalized spacial score (nSPS) is 20.2. The lowest BCUT2D eigenvalue weighted by Gasteiger charge is -2.45. The minimum atomic E-state index is -4.73. The van der Waals surface area contributed by atoms with Gasteiger partial charge in [-0.2, -0.15) is 5.48 Å². The van der Waals surface area contributed by atoms with Gasteiger partial charge in [-0.05, 0) is 71.9 Å². The van der Waals surface area contributed by atoms with Gasteiger partial charge in [0.05, 0.1) is 12.0 Å². The summed E-state index contributed by atoms with van der Waals surface area (Å²) in [6.07, 6.45) is 2.82. The highest BCUT2D eigenvalue weighted by molar-refractivity contribution is 7.54. The maximum atomic E-state index is 13.7. The van der Waals surface area contributed by atoms with Gasteiger partial charge in [-0.3, -0.25) is 18.9 Å². The first-order valence-corrected chi connectivity index (χ1v) is 14.9. The number of hydroxylamine groups is 1. The molecule has 0 aromatic heterocycles. The van der Waals surface area contributed by atoms with Crippen LogP contribution in [0.4, 0.5) is 5.69 Å². The molecule has 216 valence electrons. The Morgan fingerprint density at radius 3 is 2.33 bits per heavy atom. The molecule has 2 amide bonds. The fourth-order valence-electron chi connectivity index (χ4n) is 5.16. The molecule has 1 saturated carbocycles. The number of carbonyl (C=O) groups excluding carboxylic acids is 4. The van der Waals surface area contributed by atoms with Crippen LogP contribution in [0, 0.1) is 10.8 Å². The maximum Gasteiger partial charge on any atom is 0.372 e. The van der Waals surface area contributed by atoms with E-state index in [0.29, 0.717) is 31.4 Å². The molecule has 39 heavy (non-hydrogen) atoms. The predicted molar refractivity (Wildman–Crippen MR) is 142 cm³/mol. The van der Waals surface area contributed by atoms with E-state index in [9.17, 15) is 28.6 Å². The number of esters is 1. The number of amides is 2. The molecule has 2 aliphatic rings. The van der Waals surface area contributed by atoms with E-state index in [2.05, 4.69) is 5.48 Å². The molecular formula is C27H39N2O9P. The number of carbonyl (C=O) groups is 4. The SMILES string of the molecule is CCOP(=O)(O)C(C)(OC(=O)C(C)(C)C)C1(C(=O)NOC(=O)CN2C(=O)CCCc3ccccc32)CCCC1. The van der Waals surface area contributed by atoms with Crippen LogP contribution in [0.1, 0.15) is 78.7 Å². The molecule has 12 heteroatoms. The minimum absolute atomic E-state index is 0.0971. The van der Waals surface area contributed by atoms with Crippen molar-refractivity contribution in [1.29, 1.82) is 0 Å². The van der Waals surface area contributed by atoms with Crippen molar-refractivity contribution >= 4 is 37.0 Å². The highest BCUT2D eigenvalue weighted by Crippen LogP contribution is 2.67. The molecule has 2 atom stereocenters. The van der Waals surface area contributed by atoms with Crippen LogP contribution in [0.5, 0.6) is 0 Å². The lowest BCUT2D eigenvalue weighted by molar-refractivity contribution is -0.182. The number of hydrogen-bond acceptors (Lipinski definition) is 8. The van der Waals surface area contributed by atoms with Crippen molar-refractivity contribution in [2.24, 2.45) is 10.8 Å². The van der Waals surface area contributed by atoms with Gasteiger partial charge in [0.1, 0.15) is 12.0 Å². The number of anilines is 1. The third-order valence-corrected chi connectivity index (χ3v) is 9.70. The standard InChI is InChI=1S/C27H39N2O9P/c1-6-36-39(34,35)26(5,37-24(33)25(2,3)4)27(16-9-10-17-27)23(32)28-38-22(31)18-29-20-14-8-7-12-19(20)13-11-15-21(29)30/h7-8,12,14H,6,9-11,13,15-18H2,1-5H3,(H,28,32)(H,34,35). The van der Waals surface area contributed by atoms with Crippen molar-refractivity contribution in [3.8, 4) is 0 Å². The monoisotopic (exact) mass is 566 g/mol. The Morgan fingerprint density at radius 2 is 1.72 bits per heavy atom. The summed E-state index contributed by atoms with van der Waals surface area (Å²) in [5.74, 6) is -2.80. The molecule has 0 bridgehead atoms. The van der Waals surface area contributed by atoms with Gasteiger partial charge in [0, 0.05) is 12.1 Å². The van der Waals surface area contributed by atoms with Crippen LogP contribution in [0.15, 0.2) is 24.3 Å². The number of benzene rings is 1. The van der Waals surface area contributed by atoms with Gasteiger partial charge in [-0.15, -0.1) is 0 Å². The van der Waals surface area contributed by atoms with Crippen molar-refractivity contribution in [2.45, 2.75) is 84.9 Å². The molecule has 2 unspecified atom stereocenters. The number of aryl methyl sites for hydroxylation is 1. The van der Waals surface area contributed by atoms with Crippen LogP contribution in [0.2, 0.25) is 0 Å². The smallest absolute Gasteiger partial charge is 0.372 e. The third-order valence-electron chi connectivity index (χ3n) is 7.49. The van der Waals surface area contributed by atoms with E-state index >= 15 is 0 Å². The Kier molecular flexibility index (Phi) is 9.30. The van der Waals surface area contributed by atoms with Crippen molar-refractivity contribution in [2.75, 3.05) is 18.1 Å². The molecule has 2 N–H and O–H groups in total. The summed E-state index contributed by atoms with van der Waals surface area (Å²) in [6, 6.07) is 7.27. The molecule has 1 fully saturated rings. The second-order valence-electron chi connectivity index (χ2n) is 11.2. The highest BCUT2D eigenvalue weighted by atomic mass is 31.2. The Morgan fingerprint density at radius 1 is 1.08 bits per heavy atom. The fraction of sp³-hybridized carbons (Fsp3) is 0.630. The lowest BCUT2D eigenvalue weighted by atomic mass is 9.79. The third kappa shape index (κ3) is 6.21. The molecule has 3 rings (SSSR count). The Hall–Kier alpha value is -2.75. The number of nitrogens with one attached hydrogen (secondary N) is 1. The topological polar surface area (TPSA) is 149 Å². The average molecular weight is 567 g/mol. The van der Waals surface area contributed by atoms with E-state index in [1.54, 1.807) is 32.9 Å². The average Bonchev–Trinajstić information content (AvgIpc) is 3.31. The van der Waals surface area contributed by atoms with Gasteiger partial charge in [0.15, 0.2) is 0 Å². The first kappa shape index (κ1) is 30.8. The summed E-state index contributed by atoms with van der Waals surface area (Å²) >= 11 is 0. The summed E-state index contributed by atoms with van der Waals surface area (Å²) in [7, 11) is -4.73. The van der Waals surface area contributed by atoms with Crippen LogP contribution >= 0.6 is 7.60 Å². The molecule has 1 aromatic rings. The van der Waals surface area contributed by atoms with Crippen molar-refractivity contribution in [1.82, 2.24) is 5.48 Å². The van der Waals surface area contributed by atoms with Gasteiger partial charge >= 0.3 is 19.5 Å². The van der Waals surface area contributed by atoms with E-state index in [0.717, 1.165) is 5.56 Å². The van der Waals surface area contributed by atoms with Crippen molar-refractivity contribution in [3.05, 3.63) is 29.8 Å². The molecular weight excluding hydrogens is 527 g/mol. The van der Waals surface area contributed by atoms with Crippen LogP contribution in [-0.4, -0.2) is 47.1 Å². The zero-order valence-electron chi connectivity index (χ0n) is 23.3. The minimum Gasteiger partial charge on any atom is -0.445 e. The fourth-order valence-corrected chi connectivity index (χ4v) is 6.82. The molecule has 11 nitrogen and oxygen atoms in total. The summed E-state index contributed by atoms with van der Waals surface area (Å²) in [4.78, 5) is 69.5. The number of hydrogen-bond donors (Lipinski definition) is 2. The first-order valence-electron chi connectivity index (χ1n) is 13.3. The van der Waals surface area contributed by atoms with E-state index in [1.807, 2.05) is 12.1 Å². The molecule has 0 radical (unpaired) electrons. The zero-order chi connectivity index (χ0) is 29.1. The quantitative estimate of drug-likeness (QED) is 0.270. The van der Waals surface area contributed by atoms with Gasteiger partial charge in [-0.25, -0.2) is 4.79 Å². The van der Waals surface area contributed by atoms with E-state index < -0.39 is 48.2 Å². The number of fused-ring (bicyclic) bond motifs is 1. The number of nitrogens with zero attached hydrogens (tertiary/aromatic N) is 1. The van der Waals surface area contributed by atoms with E-state index in [-0.39, 0.29) is 31.8 Å². The number of ether oxygens (including phenoxy) is 1. The van der Waals surface area contributed by atoms with Gasteiger partial charge in [-0.1, -0.05) is 31.0 Å². The number of rotatable bonds is 8. The van der Waals surface area contributed by atoms with Crippen LogP contribution in [-0.2, 0) is 44.3 Å². The second kappa shape index (κ2) is 11.8. The van der Waals surface area contributed by atoms with Crippen molar-refractivity contribution < 1.29 is 42.7 Å². The molecule has 1 aliphatic heterocycles. The number of para-hydroxylation sites is 1. The zero-order valence-corrected chi connectivity index (χ0v) is 24.2. The van der Waals surface area contributed by atoms with Crippen LogP contribution in [0.25, 0.3) is 0 Å². The largest absolute Gasteiger partial charge is 0.445 e. The highest BCUT2D eigenvalue weighted by Gasteiger charge is 2.68. The lowest BCUT2D eigenvalue weighted by Crippen LogP contribution is -2.57. The summed E-state index contributed by atoms with van der Waals surface area (Å²) < 4.78 is 24.4. The Bertz CT molecular complexity index is 1160. The van der Waals surface area contributed by atoms with Gasteiger partial charge < -0.3 is 23.9 Å². The van der Waals surface area contributed by atoms with E-state index in [1.165, 1.54) is 18.7 Å². The molecule has 0 spiro atoms. The second-order valence-corrected chi connectivity index (χ2v) is 13.4. The first-order chi connectivity index (χ1) is 18.2. The Labute approximate surface area is 229 Å². The molecule has 1 aliphatic carbocycles. The van der Waals surface area contributed by atoms with Gasteiger partial charge in [0.25, 0.3) is 5.91 Å². The van der Waals surface area contributed by atoms with Crippen LogP contribution in [0.3, 0.4) is 0 Å². The Balaban J connectivity index is 1.85. The molecule has 0 saturated heterocycles. The summed E-state index contributed by atoms with van der Waals surface area (Å²) in [5.41, 5.74) is 0.924. The maximum absolute atomic E-state index is 13.7. The van der Waals surface area contributed by atoms with Crippen molar-refractivity contribution in [3.63, 3.8) is 0 Å². The van der Waals surface area contributed by atoms with Gasteiger partial charge in [0.2, 0.25) is 11.2 Å². The predicted octanol–water partition coefficient (Wildman–Crippen LogP) is 4.02. The summed E-state index contributed by atoms with van der Waals surface area (Å²) in [6.45, 7) is 6.91.